The zero-order valence-electron chi connectivity index (χ0n) is 22.8. The molecule has 11 heteroatoms. The Kier molecular flexibility index (Phi) is 8.59. The molecule has 7 nitrogen and oxygen atoms in total. The number of nitrogens with one attached hydrogen (secondary N) is 1. The van der Waals surface area contributed by atoms with Crippen LogP contribution in [0.1, 0.15) is 52.0 Å². The van der Waals surface area contributed by atoms with Gasteiger partial charge in [-0.2, -0.15) is 13.2 Å². The van der Waals surface area contributed by atoms with Crippen LogP contribution in [0, 0.1) is 11.3 Å². The van der Waals surface area contributed by atoms with Gasteiger partial charge in [0.05, 0.1) is 35.8 Å². The van der Waals surface area contributed by atoms with Crippen molar-refractivity contribution in [1.82, 2.24) is 15.2 Å². The molecule has 2 aliphatic heterocycles. The maximum atomic E-state index is 15.6. The number of carbonyl (C=O) groups is 1. The predicted molar refractivity (Wildman–Crippen MR) is 136 cm³/mol. The van der Waals surface area contributed by atoms with E-state index in [0.717, 1.165) is 31.2 Å². The summed E-state index contributed by atoms with van der Waals surface area (Å²) >= 11 is 0. The number of halogens is 4. The summed E-state index contributed by atoms with van der Waals surface area (Å²) in [7, 11) is 3.21. The highest BCUT2D eigenvalue weighted by molar-refractivity contribution is 5.84. The highest BCUT2D eigenvalue weighted by Crippen LogP contribution is 2.47. The maximum Gasteiger partial charge on any atom is 0.416 e. The molecule has 1 aromatic heterocycles. The third kappa shape index (κ3) is 5.51. The van der Waals surface area contributed by atoms with E-state index in [1.165, 1.54) is 11.9 Å². The number of methoxy groups -OCH3 is 1. The van der Waals surface area contributed by atoms with Gasteiger partial charge in [-0.15, -0.1) is 0 Å². The average Bonchev–Trinajstić information content (AvgIpc) is 3.45. The predicted octanol–water partition coefficient (Wildman–Crippen LogP) is 4.06. The molecule has 1 aromatic rings. The molecule has 214 valence electrons. The van der Waals surface area contributed by atoms with Crippen molar-refractivity contribution in [3.05, 3.63) is 23.9 Å². The SMILES string of the molecule is CO[C@@H]1COCC[C@@H]1N[C@@H]1CC[C@@](C(=O)N2C[C@@H](N(C)c3cc(C(F)(F)F)ccn3)C(F)[C@H]2C)(C(C)C)C1. The molecule has 2 saturated heterocycles. The largest absolute Gasteiger partial charge is 0.416 e. The molecule has 38 heavy (non-hydrogen) atoms. The van der Waals surface area contributed by atoms with E-state index in [4.69, 9.17) is 9.47 Å². The Labute approximate surface area is 222 Å². The van der Waals surface area contributed by atoms with Gasteiger partial charge in [-0.3, -0.25) is 4.79 Å². The van der Waals surface area contributed by atoms with E-state index in [9.17, 15) is 18.0 Å². The molecule has 1 amide bonds. The normalized spacial score (nSPS) is 34.2. The topological polar surface area (TPSA) is 66.9 Å². The zero-order valence-corrected chi connectivity index (χ0v) is 22.8. The minimum atomic E-state index is -4.52. The molecule has 7 atom stereocenters. The second-order valence-electron chi connectivity index (χ2n) is 11.4. The number of likely N-dealkylation sites (tertiary alicyclic amines) is 1. The number of anilines is 1. The fraction of sp³-hybridized carbons (Fsp3) is 0.778. The first-order chi connectivity index (χ1) is 17.9. The zero-order chi connectivity index (χ0) is 27.8. The summed E-state index contributed by atoms with van der Waals surface area (Å²) in [5.41, 5.74) is -1.48. The first-order valence-corrected chi connectivity index (χ1v) is 13.5. The molecule has 0 radical (unpaired) electrons. The van der Waals surface area contributed by atoms with Gasteiger partial charge in [-0.25, -0.2) is 9.37 Å². The number of ether oxygens (including phenoxy) is 2. The maximum absolute atomic E-state index is 15.6. The molecule has 1 N–H and O–H groups in total. The third-order valence-electron chi connectivity index (χ3n) is 9.03. The number of pyridine rings is 1. The molecule has 4 rings (SSSR count). The second kappa shape index (κ2) is 11.3. The van der Waals surface area contributed by atoms with Gasteiger partial charge >= 0.3 is 6.18 Å². The van der Waals surface area contributed by atoms with Crippen LogP contribution in [0.5, 0.6) is 0 Å². The lowest BCUT2D eigenvalue weighted by molar-refractivity contribution is -0.146. The van der Waals surface area contributed by atoms with Crippen molar-refractivity contribution in [2.24, 2.45) is 11.3 Å². The molecule has 0 bridgehead atoms. The van der Waals surface area contributed by atoms with E-state index in [0.29, 0.717) is 26.1 Å². The smallest absolute Gasteiger partial charge is 0.379 e. The molecule has 0 aromatic carbocycles. The quantitative estimate of drug-likeness (QED) is 0.523. The van der Waals surface area contributed by atoms with Gasteiger partial charge in [0.2, 0.25) is 5.91 Å². The van der Waals surface area contributed by atoms with Gasteiger partial charge in [0.15, 0.2) is 0 Å². The van der Waals surface area contributed by atoms with Crippen molar-refractivity contribution in [2.45, 2.75) is 89.1 Å². The van der Waals surface area contributed by atoms with E-state index < -0.39 is 35.4 Å². The van der Waals surface area contributed by atoms with Gasteiger partial charge in [-0.05, 0) is 50.7 Å². The number of hydrogen-bond donors (Lipinski definition) is 1. The number of aromatic nitrogens is 1. The van der Waals surface area contributed by atoms with Crippen molar-refractivity contribution < 1.29 is 31.8 Å². The Morgan fingerprint density at radius 1 is 1.34 bits per heavy atom. The highest BCUT2D eigenvalue weighted by atomic mass is 19.4. The molecule has 3 fully saturated rings. The minimum absolute atomic E-state index is 0.0295. The van der Waals surface area contributed by atoms with Gasteiger partial charge in [0, 0.05) is 45.6 Å². The molecule has 1 saturated carbocycles. The molecule has 0 spiro atoms. The van der Waals surface area contributed by atoms with Crippen molar-refractivity contribution in [1.29, 1.82) is 0 Å². The number of alkyl halides is 4. The van der Waals surface area contributed by atoms with Crippen LogP contribution in [-0.4, -0.2) is 86.2 Å². The Morgan fingerprint density at radius 2 is 2.08 bits per heavy atom. The first-order valence-electron chi connectivity index (χ1n) is 13.5. The van der Waals surface area contributed by atoms with Gasteiger partial charge in [0.1, 0.15) is 12.0 Å². The van der Waals surface area contributed by atoms with E-state index in [1.54, 1.807) is 18.9 Å². The number of nitrogens with zero attached hydrogens (tertiary/aromatic N) is 3. The number of likely N-dealkylation sites (N-methyl/N-ethyl adjacent to an activating group) is 1. The lowest BCUT2D eigenvalue weighted by Crippen LogP contribution is -2.52. The molecular formula is C27H40F4N4O3. The Morgan fingerprint density at radius 3 is 2.74 bits per heavy atom. The van der Waals surface area contributed by atoms with Crippen LogP contribution in [0.4, 0.5) is 23.4 Å². The fourth-order valence-electron chi connectivity index (χ4n) is 6.43. The summed E-state index contributed by atoms with van der Waals surface area (Å²) in [5.74, 6) is -0.00107. The number of hydrogen-bond acceptors (Lipinski definition) is 6. The lowest BCUT2D eigenvalue weighted by Gasteiger charge is -2.38. The van der Waals surface area contributed by atoms with Crippen molar-refractivity contribution >= 4 is 11.7 Å². The molecule has 1 aliphatic carbocycles. The van der Waals surface area contributed by atoms with Crippen LogP contribution in [0.25, 0.3) is 0 Å². The van der Waals surface area contributed by atoms with Crippen LogP contribution in [0.15, 0.2) is 18.3 Å². The summed E-state index contributed by atoms with van der Waals surface area (Å²) in [6.07, 6.45) is -1.91. The van der Waals surface area contributed by atoms with Crippen LogP contribution < -0.4 is 10.2 Å². The van der Waals surface area contributed by atoms with Crippen molar-refractivity contribution in [3.63, 3.8) is 0 Å². The molecule has 3 heterocycles. The fourth-order valence-corrected chi connectivity index (χ4v) is 6.43. The minimum Gasteiger partial charge on any atom is -0.379 e. The van der Waals surface area contributed by atoms with Crippen LogP contribution in [0.3, 0.4) is 0 Å². The molecule has 3 aliphatic rings. The number of amides is 1. The van der Waals surface area contributed by atoms with Gasteiger partial charge in [-0.1, -0.05) is 13.8 Å². The van der Waals surface area contributed by atoms with E-state index in [-0.39, 0.29) is 42.4 Å². The van der Waals surface area contributed by atoms with Gasteiger partial charge in [0.25, 0.3) is 0 Å². The average molecular weight is 545 g/mol. The summed E-state index contributed by atoms with van der Waals surface area (Å²) in [4.78, 5) is 21.2. The molecule has 1 unspecified atom stereocenters. The summed E-state index contributed by atoms with van der Waals surface area (Å²) in [6.45, 7) is 7.05. The Hall–Kier alpha value is -1.98. The van der Waals surface area contributed by atoms with Crippen LogP contribution in [-0.2, 0) is 20.4 Å². The second-order valence-corrected chi connectivity index (χ2v) is 11.4. The van der Waals surface area contributed by atoms with E-state index >= 15 is 4.39 Å². The monoisotopic (exact) mass is 544 g/mol. The number of carbonyl (C=O) groups excluding carboxylic acids is 1. The standard InChI is InChI=1S/C27H40F4N4O3/c1-16(2)26(9-6-19(13-26)33-20-8-11-38-15-22(20)37-5)25(36)35-14-21(24(28)17(35)3)34(4)23-12-18(7-10-32-23)27(29,30)31/h7,10,12,16-17,19-22,24,33H,6,8-9,11,13-15H2,1-5H3/t17-,19-,20+,21-,22-,24?,26+/m1/s1. The van der Waals surface area contributed by atoms with Gasteiger partial charge < -0.3 is 24.6 Å². The summed E-state index contributed by atoms with van der Waals surface area (Å²) in [6, 6.07) is 0.605. The highest BCUT2D eigenvalue weighted by Gasteiger charge is 2.54. The lowest BCUT2D eigenvalue weighted by atomic mass is 9.74. The first kappa shape index (κ1) is 29.0. The Balaban J connectivity index is 1.49. The van der Waals surface area contributed by atoms with E-state index in [2.05, 4.69) is 10.3 Å². The summed E-state index contributed by atoms with van der Waals surface area (Å²) < 4.78 is 66.4. The third-order valence-corrected chi connectivity index (χ3v) is 9.03. The summed E-state index contributed by atoms with van der Waals surface area (Å²) in [5, 5.41) is 3.70. The van der Waals surface area contributed by atoms with Crippen molar-refractivity contribution in [3.8, 4) is 0 Å². The van der Waals surface area contributed by atoms with Crippen LogP contribution >= 0.6 is 0 Å². The van der Waals surface area contributed by atoms with Crippen molar-refractivity contribution in [2.75, 3.05) is 38.8 Å². The molecular weight excluding hydrogens is 504 g/mol. The number of rotatable bonds is 7. The van der Waals surface area contributed by atoms with E-state index in [1.807, 2.05) is 13.8 Å². The van der Waals surface area contributed by atoms with Crippen LogP contribution in [0.2, 0.25) is 0 Å². The Bertz CT molecular complexity index is 980.